The molecule has 0 saturated heterocycles. The highest BCUT2D eigenvalue weighted by Crippen LogP contribution is 2.09. The number of carbonyl (C=O) groups is 6. The molecule has 4 amide bonds. The molecule has 37 heavy (non-hydrogen) atoms. The van der Waals surface area contributed by atoms with Gasteiger partial charge in [-0.2, -0.15) is 0 Å². The molecule has 13 nitrogen and oxygen atoms in total. The Bertz CT molecular complexity index is 969. The van der Waals surface area contributed by atoms with Gasteiger partial charge in [-0.1, -0.05) is 44.2 Å². The molecule has 0 spiro atoms. The molecule has 0 saturated carbocycles. The van der Waals surface area contributed by atoms with Crippen molar-refractivity contribution in [2.75, 3.05) is 0 Å². The Morgan fingerprint density at radius 1 is 0.811 bits per heavy atom. The van der Waals surface area contributed by atoms with Crippen molar-refractivity contribution in [1.82, 2.24) is 16.0 Å². The maximum absolute atomic E-state index is 13.2. The first-order chi connectivity index (χ1) is 17.3. The maximum Gasteiger partial charge on any atom is 0.326 e. The van der Waals surface area contributed by atoms with Crippen molar-refractivity contribution in [2.45, 2.75) is 70.1 Å². The van der Waals surface area contributed by atoms with E-state index in [0.29, 0.717) is 5.56 Å². The minimum Gasteiger partial charge on any atom is -0.481 e. The fourth-order valence-electron chi connectivity index (χ4n) is 3.34. The molecule has 1 rings (SSSR count). The largest absolute Gasteiger partial charge is 0.481 e. The maximum atomic E-state index is 13.2. The van der Waals surface area contributed by atoms with Crippen LogP contribution in [0, 0.1) is 5.92 Å². The lowest BCUT2D eigenvalue weighted by atomic mass is 10.00. The Kier molecular flexibility index (Phi) is 12.7. The van der Waals surface area contributed by atoms with E-state index in [-0.39, 0.29) is 32.1 Å². The number of carboxylic acids is 2. The van der Waals surface area contributed by atoms with Crippen LogP contribution in [0.2, 0.25) is 0 Å². The number of hydrogen-bond acceptors (Lipinski definition) is 7. The summed E-state index contributed by atoms with van der Waals surface area (Å²) in [6.45, 7) is 3.27. The summed E-state index contributed by atoms with van der Waals surface area (Å²) in [6, 6.07) is 3.83. The van der Waals surface area contributed by atoms with Gasteiger partial charge < -0.3 is 37.6 Å². The first kappa shape index (κ1) is 31.0. The van der Waals surface area contributed by atoms with Gasteiger partial charge in [-0.05, 0) is 24.3 Å². The van der Waals surface area contributed by atoms with Crippen molar-refractivity contribution in [3.05, 3.63) is 35.9 Å². The SMILES string of the molecule is CC(C)C(NC(=O)C(Cc1ccccc1)NC(=O)C(N)CCC(=O)O)C(=O)NC(CCC(N)=O)C(=O)O. The second kappa shape index (κ2) is 15.2. The first-order valence-electron chi connectivity index (χ1n) is 11.7. The van der Waals surface area contributed by atoms with Crippen LogP contribution >= 0.6 is 0 Å². The molecule has 0 bridgehead atoms. The molecule has 1 aromatic carbocycles. The molecule has 9 N–H and O–H groups in total. The van der Waals surface area contributed by atoms with E-state index in [1.165, 1.54) is 0 Å². The number of rotatable bonds is 16. The molecule has 0 aliphatic rings. The molecule has 0 aromatic heterocycles. The first-order valence-corrected chi connectivity index (χ1v) is 11.7. The number of carbonyl (C=O) groups excluding carboxylic acids is 4. The highest BCUT2D eigenvalue weighted by atomic mass is 16.4. The summed E-state index contributed by atoms with van der Waals surface area (Å²) in [6.07, 6.45) is -0.911. The van der Waals surface area contributed by atoms with E-state index >= 15 is 0 Å². The van der Waals surface area contributed by atoms with Gasteiger partial charge in [0.15, 0.2) is 0 Å². The van der Waals surface area contributed by atoms with Crippen LogP contribution in [0.5, 0.6) is 0 Å². The zero-order valence-corrected chi connectivity index (χ0v) is 20.8. The molecular formula is C24H35N5O8. The summed E-state index contributed by atoms with van der Waals surface area (Å²) in [7, 11) is 0. The molecule has 13 heteroatoms. The fourth-order valence-corrected chi connectivity index (χ4v) is 3.34. The zero-order valence-electron chi connectivity index (χ0n) is 20.8. The van der Waals surface area contributed by atoms with Crippen molar-refractivity contribution in [2.24, 2.45) is 17.4 Å². The quantitative estimate of drug-likeness (QED) is 0.139. The van der Waals surface area contributed by atoms with Crippen LogP contribution in [-0.4, -0.2) is 69.9 Å². The van der Waals surface area contributed by atoms with E-state index < -0.39 is 65.7 Å². The number of amides is 4. The summed E-state index contributed by atoms with van der Waals surface area (Å²) in [5.41, 5.74) is 11.5. The Morgan fingerprint density at radius 3 is 1.92 bits per heavy atom. The van der Waals surface area contributed by atoms with Gasteiger partial charge in [-0.3, -0.25) is 24.0 Å². The second-order valence-corrected chi connectivity index (χ2v) is 8.92. The lowest BCUT2D eigenvalue weighted by Gasteiger charge is -2.27. The molecule has 4 unspecified atom stereocenters. The molecule has 0 radical (unpaired) electrons. The predicted octanol–water partition coefficient (Wildman–Crippen LogP) is -1.12. The van der Waals surface area contributed by atoms with Crippen LogP contribution in [-0.2, 0) is 35.2 Å². The number of primary amides is 1. The van der Waals surface area contributed by atoms with E-state index in [9.17, 15) is 33.9 Å². The highest BCUT2D eigenvalue weighted by Gasteiger charge is 2.32. The van der Waals surface area contributed by atoms with Gasteiger partial charge in [0.25, 0.3) is 0 Å². The van der Waals surface area contributed by atoms with Gasteiger partial charge in [0.2, 0.25) is 23.6 Å². The number of nitrogens with two attached hydrogens (primary N) is 2. The van der Waals surface area contributed by atoms with Gasteiger partial charge in [0.05, 0.1) is 6.04 Å². The van der Waals surface area contributed by atoms with Crippen molar-refractivity contribution in [3.8, 4) is 0 Å². The molecule has 204 valence electrons. The summed E-state index contributed by atoms with van der Waals surface area (Å²) in [4.78, 5) is 72.0. The summed E-state index contributed by atoms with van der Waals surface area (Å²) in [5, 5.41) is 25.6. The number of aliphatic carboxylic acids is 2. The highest BCUT2D eigenvalue weighted by molar-refractivity contribution is 5.94. The Labute approximate surface area is 214 Å². The standard InChI is InChI=1S/C24H35N5O8/c1-13(2)20(23(35)27-16(24(36)37)9-10-18(26)30)29-22(34)17(12-14-6-4-3-5-7-14)28-21(33)15(25)8-11-19(31)32/h3-7,13,15-17,20H,8-12,25H2,1-2H3,(H2,26,30)(H,27,35)(H,28,33)(H,29,34)(H,31,32)(H,36,37). The van der Waals surface area contributed by atoms with Crippen molar-refractivity contribution in [3.63, 3.8) is 0 Å². The Hall–Kier alpha value is -4.00. The predicted molar refractivity (Wildman–Crippen MR) is 132 cm³/mol. The molecule has 0 heterocycles. The average Bonchev–Trinajstić information content (AvgIpc) is 2.82. The molecule has 4 atom stereocenters. The van der Waals surface area contributed by atoms with E-state index in [2.05, 4.69) is 16.0 Å². The molecule has 0 aliphatic heterocycles. The van der Waals surface area contributed by atoms with Gasteiger partial charge >= 0.3 is 11.9 Å². The minimum absolute atomic E-state index is 0.0485. The molecular weight excluding hydrogens is 486 g/mol. The van der Waals surface area contributed by atoms with Crippen LogP contribution in [0.25, 0.3) is 0 Å². The monoisotopic (exact) mass is 521 g/mol. The van der Waals surface area contributed by atoms with Crippen molar-refractivity contribution >= 4 is 35.6 Å². The molecule has 0 fully saturated rings. The van der Waals surface area contributed by atoms with Crippen molar-refractivity contribution in [1.29, 1.82) is 0 Å². The number of hydrogen-bond donors (Lipinski definition) is 7. The smallest absolute Gasteiger partial charge is 0.326 e. The Morgan fingerprint density at radius 2 is 1.41 bits per heavy atom. The molecule has 0 aliphatic carbocycles. The lowest BCUT2D eigenvalue weighted by Crippen LogP contribution is -2.59. The van der Waals surface area contributed by atoms with Crippen LogP contribution in [0.15, 0.2) is 30.3 Å². The zero-order chi connectivity index (χ0) is 28.1. The number of nitrogens with one attached hydrogen (secondary N) is 3. The van der Waals surface area contributed by atoms with E-state index in [4.69, 9.17) is 16.6 Å². The second-order valence-electron chi connectivity index (χ2n) is 8.92. The van der Waals surface area contributed by atoms with Gasteiger partial charge in [-0.15, -0.1) is 0 Å². The number of carboxylic acid groups (broad SMARTS) is 2. The molecule has 1 aromatic rings. The third-order valence-corrected chi connectivity index (χ3v) is 5.46. The third-order valence-electron chi connectivity index (χ3n) is 5.46. The summed E-state index contributed by atoms with van der Waals surface area (Å²) < 4.78 is 0. The summed E-state index contributed by atoms with van der Waals surface area (Å²) >= 11 is 0. The number of benzene rings is 1. The van der Waals surface area contributed by atoms with Crippen molar-refractivity contribution < 1.29 is 39.0 Å². The van der Waals surface area contributed by atoms with E-state index in [1.54, 1.807) is 44.2 Å². The third kappa shape index (κ3) is 11.5. The van der Waals surface area contributed by atoms with E-state index in [1.807, 2.05) is 0 Å². The normalized spacial score (nSPS) is 14.1. The fraction of sp³-hybridized carbons (Fsp3) is 0.500. The van der Waals surface area contributed by atoms with Crippen LogP contribution in [0.4, 0.5) is 0 Å². The van der Waals surface area contributed by atoms with E-state index in [0.717, 1.165) is 0 Å². The Balaban J connectivity index is 3.04. The van der Waals surface area contributed by atoms with Gasteiger partial charge in [0, 0.05) is 19.3 Å². The van der Waals surface area contributed by atoms with Crippen LogP contribution < -0.4 is 27.4 Å². The lowest BCUT2D eigenvalue weighted by molar-refractivity contribution is -0.143. The topological polar surface area (TPSA) is 231 Å². The van der Waals surface area contributed by atoms with Gasteiger partial charge in [0.1, 0.15) is 18.1 Å². The van der Waals surface area contributed by atoms with Gasteiger partial charge in [-0.25, -0.2) is 4.79 Å². The van der Waals surface area contributed by atoms with Crippen LogP contribution in [0.1, 0.15) is 45.1 Å². The average molecular weight is 522 g/mol. The minimum atomic E-state index is -1.40. The summed E-state index contributed by atoms with van der Waals surface area (Å²) in [5.74, 6) is -5.93. The van der Waals surface area contributed by atoms with Crippen LogP contribution in [0.3, 0.4) is 0 Å².